The van der Waals surface area contributed by atoms with Crippen LogP contribution in [0, 0.1) is 5.41 Å². The molecule has 1 fully saturated rings. The summed E-state index contributed by atoms with van der Waals surface area (Å²) in [6.07, 6.45) is 1.16. The molecule has 1 saturated carbocycles. The Morgan fingerprint density at radius 2 is 1.71 bits per heavy atom. The van der Waals surface area contributed by atoms with E-state index in [1.165, 1.54) is 0 Å². The van der Waals surface area contributed by atoms with Gasteiger partial charge < -0.3 is 15.0 Å². The topological polar surface area (TPSA) is 58.6 Å². The van der Waals surface area contributed by atoms with Gasteiger partial charge in [-0.25, -0.2) is 0 Å². The molecule has 0 unspecified atom stereocenters. The van der Waals surface area contributed by atoms with E-state index in [1.807, 2.05) is 69.3 Å². The van der Waals surface area contributed by atoms with Gasteiger partial charge in [-0.3, -0.25) is 9.59 Å². The number of carbonyl (C=O) groups excluding carboxylic acids is 2. The second kappa shape index (κ2) is 8.46. The van der Waals surface area contributed by atoms with Crippen molar-refractivity contribution in [1.29, 1.82) is 0 Å². The minimum Gasteiger partial charge on any atom is -0.489 e. The van der Waals surface area contributed by atoms with E-state index in [-0.39, 0.29) is 17.9 Å². The van der Waals surface area contributed by atoms with Gasteiger partial charge in [-0.15, -0.1) is 0 Å². The standard InChI is InChI=1S/C23H28N2O3/c1-4-25(16-18-10-6-5-7-11-18)22(27)23(14-15-23)21(26)24-19-12-8-9-13-20(19)28-17(2)3/h5-13,17H,4,14-16H2,1-3H3,(H,24,26). The largest absolute Gasteiger partial charge is 0.489 e. The van der Waals surface area contributed by atoms with Crippen LogP contribution in [0.5, 0.6) is 5.75 Å². The zero-order chi connectivity index (χ0) is 20.1. The first-order chi connectivity index (χ1) is 13.5. The van der Waals surface area contributed by atoms with Crippen molar-refractivity contribution < 1.29 is 14.3 Å². The molecule has 0 bridgehead atoms. The van der Waals surface area contributed by atoms with Crippen LogP contribution >= 0.6 is 0 Å². The van der Waals surface area contributed by atoms with Crippen molar-refractivity contribution >= 4 is 17.5 Å². The monoisotopic (exact) mass is 380 g/mol. The zero-order valence-corrected chi connectivity index (χ0v) is 16.8. The van der Waals surface area contributed by atoms with Crippen LogP contribution in [0.4, 0.5) is 5.69 Å². The molecule has 1 aliphatic rings. The molecule has 2 aromatic rings. The first-order valence-electron chi connectivity index (χ1n) is 9.86. The molecular weight excluding hydrogens is 352 g/mol. The van der Waals surface area contributed by atoms with E-state index in [4.69, 9.17) is 4.74 Å². The van der Waals surface area contributed by atoms with Gasteiger partial charge in [-0.2, -0.15) is 0 Å². The fourth-order valence-electron chi connectivity index (χ4n) is 3.27. The van der Waals surface area contributed by atoms with E-state index in [1.54, 1.807) is 11.0 Å². The number of nitrogens with zero attached hydrogens (tertiary/aromatic N) is 1. The van der Waals surface area contributed by atoms with Crippen molar-refractivity contribution in [3.8, 4) is 5.75 Å². The molecule has 148 valence electrons. The highest BCUT2D eigenvalue weighted by Crippen LogP contribution is 2.48. The maximum Gasteiger partial charge on any atom is 0.240 e. The summed E-state index contributed by atoms with van der Waals surface area (Å²) >= 11 is 0. The quantitative estimate of drug-likeness (QED) is 0.697. The number of nitrogens with one attached hydrogen (secondary N) is 1. The van der Waals surface area contributed by atoms with Gasteiger partial charge in [0.25, 0.3) is 0 Å². The summed E-state index contributed by atoms with van der Waals surface area (Å²) in [5, 5.41) is 2.93. The third-order valence-electron chi connectivity index (χ3n) is 4.98. The smallest absolute Gasteiger partial charge is 0.240 e. The molecule has 5 heteroatoms. The second-order valence-corrected chi connectivity index (χ2v) is 7.50. The van der Waals surface area contributed by atoms with Crippen LogP contribution in [-0.4, -0.2) is 29.4 Å². The van der Waals surface area contributed by atoms with Gasteiger partial charge in [0.1, 0.15) is 11.2 Å². The minimum atomic E-state index is -0.963. The molecule has 0 radical (unpaired) electrons. The van der Waals surface area contributed by atoms with E-state index >= 15 is 0 Å². The maximum absolute atomic E-state index is 13.2. The first-order valence-corrected chi connectivity index (χ1v) is 9.86. The molecule has 0 aromatic heterocycles. The highest BCUT2D eigenvalue weighted by atomic mass is 16.5. The number of para-hydroxylation sites is 2. The van der Waals surface area contributed by atoms with Gasteiger partial charge in [-0.1, -0.05) is 42.5 Å². The number of hydrogen-bond acceptors (Lipinski definition) is 3. The van der Waals surface area contributed by atoms with E-state index in [0.29, 0.717) is 37.4 Å². The Morgan fingerprint density at radius 3 is 2.32 bits per heavy atom. The number of carbonyl (C=O) groups is 2. The molecule has 1 N–H and O–H groups in total. The Kier molecular flexibility index (Phi) is 6.02. The Hall–Kier alpha value is -2.82. The van der Waals surface area contributed by atoms with Crippen molar-refractivity contribution in [2.75, 3.05) is 11.9 Å². The van der Waals surface area contributed by atoms with Crippen LogP contribution in [0.25, 0.3) is 0 Å². The summed E-state index contributed by atoms with van der Waals surface area (Å²) in [5.41, 5.74) is 0.700. The summed E-state index contributed by atoms with van der Waals surface area (Å²) in [5.74, 6) is 0.271. The van der Waals surface area contributed by atoms with E-state index < -0.39 is 5.41 Å². The van der Waals surface area contributed by atoms with Crippen LogP contribution in [0.3, 0.4) is 0 Å². The third-order valence-corrected chi connectivity index (χ3v) is 4.98. The Balaban J connectivity index is 1.73. The minimum absolute atomic E-state index is 0.00368. The van der Waals surface area contributed by atoms with Crippen molar-refractivity contribution in [3.05, 3.63) is 60.2 Å². The molecule has 3 rings (SSSR count). The molecule has 5 nitrogen and oxygen atoms in total. The van der Waals surface area contributed by atoms with Gasteiger partial charge >= 0.3 is 0 Å². The van der Waals surface area contributed by atoms with Gasteiger partial charge in [0.2, 0.25) is 11.8 Å². The van der Waals surface area contributed by atoms with E-state index in [0.717, 1.165) is 5.56 Å². The van der Waals surface area contributed by atoms with Crippen LogP contribution in [-0.2, 0) is 16.1 Å². The molecule has 2 aromatic carbocycles. The Bertz CT molecular complexity index is 829. The zero-order valence-electron chi connectivity index (χ0n) is 16.8. The molecule has 1 aliphatic carbocycles. The van der Waals surface area contributed by atoms with E-state index in [9.17, 15) is 9.59 Å². The SMILES string of the molecule is CCN(Cc1ccccc1)C(=O)C1(C(=O)Nc2ccccc2OC(C)C)CC1. The predicted octanol–water partition coefficient (Wildman–Crippen LogP) is 4.24. The van der Waals surface area contributed by atoms with Crippen molar-refractivity contribution in [1.82, 2.24) is 4.90 Å². The molecule has 0 saturated heterocycles. The third kappa shape index (κ3) is 4.35. The average Bonchev–Trinajstić information content (AvgIpc) is 3.49. The lowest BCUT2D eigenvalue weighted by Crippen LogP contribution is -2.42. The highest BCUT2D eigenvalue weighted by Gasteiger charge is 2.58. The summed E-state index contributed by atoms with van der Waals surface area (Å²) < 4.78 is 5.78. The van der Waals surface area contributed by atoms with Crippen LogP contribution in [0.2, 0.25) is 0 Å². The summed E-state index contributed by atoms with van der Waals surface area (Å²) in [6, 6.07) is 17.2. The van der Waals surface area contributed by atoms with Crippen molar-refractivity contribution in [2.45, 2.75) is 46.3 Å². The number of rotatable bonds is 8. The maximum atomic E-state index is 13.2. The predicted molar refractivity (Wildman–Crippen MR) is 110 cm³/mol. The molecule has 28 heavy (non-hydrogen) atoms. The average molecular weight is 380 g/mol. The number of anilines is 1. The number of amides is 2. The molecule has 2 amide bonds. The highest BCUT2D eigenvalue weighted by molar-refractivity contribution is 6.13. The molecule has 0 heterocycles. The Labute approximate surface area is 166 Å². The molecule has 0 atom stereocenters. The van der Waals surface area contributed by atoms with Gasteiger partial charge in [0, 0.05) is 13.1 Å². The number of hydrogen-bond donors (Lipinski definition) is 1. The molecule has 0 spiro atoms. The number of benzene rings is 2. The fraction of sp³-hybridized carbons (Fsp3) is 0.391. The lowest BCUT2D eigenvalue weighted by atomic mass is 10.0. The van der Waals surface area contributed by atoms with Crippen LogP contribution < -0.4 is 10.1 Å². The van der Waals surface area contributed by atoms with Crippen molar-refractivity contribution in [3.63, 3.8) is 0 Å². The van der Waals surface area contributed by atoms with E-state index in [2.05, 4.69) is 5.32 Å². The normalized spacial score (nSPS) is 14.4. The fourth-order valence-corrected chi connectivity index (χ4v) is 3.27. The van der Waals surface area contributed by atoms with Gasteiger partial charge in [-0.05, 0) is 51.3 Å². The molecule has 0 aliphatic heterocycles. The Morgan fingerprint density at radius 1 is 1.07 bits per heavy atom. The first kappa shape index (κ1) is 19.9. The van der Waals surface area contributed by atoms with Gasteiger partial charge in [0.05, 0.1) is 11.8 Å². The van der Waals surface area contributed by atoms with Crippen LogP contribution in [0.1, 0.15) is 39.2 Å². The lowest BCUT2D eigenvalue weighted by Gasteiger charge is -2.26. The summed E-state index contributed by atoms with van der Waals surface area (Å²) in [7, 11) is 0. The number of ether oxygens (including phenoxy) is 1. The van der Waals surface area contributed by atoms with Crippen LogP contribution in [0.15, 0.2) is 54.6 Å². The lowest BCUT2D eigenvalue weighted by molar-refractivity contribution is -0.142. The second-order valence-electron chi connectivity index (χ2n) is 7.50. The van der Waals surface area contributed by atoms with Crippen molar-refractivity contribution in [2.24, 2.45) is 5.41 Å². The molecular formula is C23H28N2O3. The summed E-state index contributed by atoms with van der Waals surface area (Å²) in [6.45, 7) is 6.90. The summed E-state index contributed by atoms with van der Waals surface area (Å²) in [4.78, 5) is 28.0. The van der Waals surface area contributed by atoms with Gasteiger partial charge in [0.15, 0.2) is 0 Å².